The second-order valence-electron chi connectivity index (χ2n) is 17.5. The second-order valence-corrected chi connectivity index (χ2v) is 18.6. The summed E-state index contributed by atoms with van der Waals surface area (Å²) >= 11 is 1.86. The first kappa shape index (κ1) is 50.5. The van der Waals surface area contributed by atoms with E-state index >= 15 is 0 Å². The molecular formula is C68H49IrN6S-. The van der Waals surface area contributed by atoms with Crippen LogP contribution in [-0.4, -0.2) is 29.7 Å². The average Bonchev–Trinajstić information content (AvgIpc) is 4.15. The molecule has 0 N–H and O–H groups in total. The van der Waals surface area contributed by atoms with Crippen LogP contribution in [0.2, 0.25) is 0 Å². The summed E-state index contributed by atoms with van der Waals surface area (Å²) in [6, 6.07) is 90.6. The predicted molar refractivity (Wildman–Crippen MR) is 314 cm³/mol. The molecule has 0 bridgehead atoms. The van der Waals surface area contributed by atoms with Gasteiger partial charge in [0.1, 0.15) is 0 Å². The maximum atomic E-state index is 4.67. The number of hydrogen-bond donors (Lipinski definition) is 0. The largest absolute Gasteiger partial charge is 0.305 e. The number of fused-ring (bicyclic) bond motifs is 6. The first-order chi connectivity index (χ1) is 36.7. The number of nitrogens with zero attached hydrogens (tertiary/aromatic N) is 6. The van der Waals surface area contributed by atoms with Crippen LogP contribution < -0.4 is 0 Å². The van der Waals surface area contributed by atoms with Gasteiger partial charge in [-0.2, -0.15) is 0 Å². The quantitative estimate of drug-likeness (QED) is 0.117. The van der Waals surface area contributed by atoms with E-state index in [1.165, 1.54) is 53.6 Å². The number of para-hydroxylation sites is 1. The van der Waals surface area contributed by atoms with Gasteiger partial charge in [0.05, 0.1) is 11.0 Å². The summed E-state index contributed by atoms with van der Waals surface area (Å²) in [7, 11) is 0. The number of benzene rings is 9. The first-order valence-corrected chi connectivity index (χ1v) is 25.3. The Morgan fingerprint density at radius 2 is 0.855 bits per heavy atom. The topological polar surface area (TPSA) is 69.4 Å². The van der Waals surface area contributed by atoms with Crippen molar-refractivity contribution in [2.24, 2.45) is 0 Å². The average molecular weight is 1170 g/mol. The fourth-order valence-electron chi connectivity index (χ4n) is 9.48. The Morgan fingerprint density at radius 1 is 0.355 bits per heavy atom. The van der Waals surface area contributed by atoms with Crippen molar-refractivity contribution >= 4 is 53.3 Å². The normalized spacial score (nSPS) is 10.7. The maximum absolute atomic E-state index is 4.67. The predicted octanol–water partition coefficient (Wildman–Crippen LogP) is 17.9. The Kier molecular flexibility index (Phi) is 15.6. The molecule has 0 fully saturated rings. The molecule has 1 radical (unpaired) electrons. The third-order valence-electron chi connectivity index (χ3n) is 13.0. The zero-order valence-corrected chi connectivity index (χ0v) is 43.6. The van der Waals surface area contributed by atoms with Gasteiger partial charge < -0.3 is 4.98 Å². The minimum atomic E-state index is 0. The van der Waals surface area contributed by atoms with Gasteiger partial charge in [-0.25, -0.2) is 0 Å². The van der Waals surface area contributed by atoms with Crippen molar-refractivity contribution in [1.29, 1.82) is 0 Å². The standard InChI is InChI=1S/C32H21N3S.C24H16N2.C11H8N.CH4.Ir/c1-3-10-23(11-4-1)31-33-34-32(35(31)25-12-5-2-6-13-25)24-20-18-22(19-21-24)26-15-9-16-28-27-14-7-8-17-29(27)36-30(26)28;1-3-7-17(8-4-1)19-13-15-25-23-21(19)11-12-22-20(14-16-26-24(22)23)18-9-5-2-6-10-18;1-2-6-10(7-3-1)11-8-4-5-9-12-11;;/h1-21H;1-16H;1-6,8-9H;1H4;/q;;-1;;. The minimum Gasteiger partial charge on any atom is -0.305 e. The zero-order valence-electron chi connectivity index (χ0n) is 40.4. The molecule has 0 saturated carbocycles. The van der Waals surface area contributed by atoms with Gasteiger partial charge in [-0.1, -0.05) is 202 Å². The molecule has 76 heavy (non-hydrogen) atoms. The number of thiophene rings is 1. The van der Waals surface area contributed by atoms with Crippen LogP contribution in [0.15, 0.2) is 273 Å². The van der Waals surface area contributed by atoms with Gasteiger partial charge in [-0.3, -0.25) is 14.5 Å². The van der Waals surface area contributed by atoms with Crippen molar-refractivity contribution < 1.29 is 20.1 Å². The number of pyridine rings is 3. The summed E-state index contributed by atoms with van der Waals surface area (Å²) in [5.74, 6) is 1.66. The number of hydrogen-bond acceptors (Lipinski definition) is 6. The Bertz CT molecular complexity index is 4020. The van der Waals surface area contributed by atoms with E-state index in [1.807, 2.05) is 115 Å². The van der Waals surface area contributed by atoms with E-state index in [2.05, 4.69) is 200 Å². The van der Waals surface area contributed by atoms with E-state index in [1.54, 1.807) is 6.20 Å². The molecule has 5 heterocycles. The minimum absolute atomic E-state index is 0. The third-order valence-corrected chi connectivity index (χ3v) is 14.2. The maximum Gasteiger partial charge on any atom is 0.168 e. The van der Waals surface area contributed by atoms with E-state index in [4.69, 9.17) is 0 Å². The molecule has 0 aliphatic heterocycles. The number of rotatable bonds is 7. The summed E-state index contributed by atoms with van der Waals surface area (Å²) in [6.07, 6.45) is 5.54. The van der Waals surface area contributed by atoms with Crippen molar-refractivity contribution in [1.82, 2.24) is 29.7 Å². The molecule has 5 aromatic heterocycles. The van der Waals surface area contributed by atoms with Gasteiger partial charge in [-0.15, -0.1) is 57.4 Å². The Balaban J connectivity index is 0.000000143. The van der Waals surface area contributed by atoms with Crippen molar-refractivity contribution in [2.45, 2.75) is 7.43 Å². The molecule has 0 spiro atoms. The molecule has 0 aliphatic carbocycles. The molecule has 0 saturated heterocycles. The third kappa shape index (κ3) is 10.4. The van der Waals surface area contributed by atoms with Crippen LogP contribution in [0.4, 0.5) is 0 Å². The number of aromatic nitrogens is 6. The molecule has 6 nitrogen and oxygen atoms in total. The second kappa shape index (κ2) is 23.4. The van der Waals surface area contributed by atoms with Gasteiger partial charge >= 0.3 is 0 Å². The Hall–Kier alpha value is -9.04. The fraction of sp³-hybridized carbons (Fsp3) is 0.0147. The molecule has 0 unspecified atom stereocenters. The molecule has 9 aromatic carbocycles. The van der Waals surface area contributed by atoms with Gasteiger partial charge in [-0.05, 0) is 75.5 Å². The van der Waals surface area contributed by atoms with Crippen molar-refractivity contribution in [2.75, 3.05) is 0 Å². The van der Waals surface area contributed by atoms with Crippen molar-refractivity contribution in [3.05, 3.63) is 279 Å². The molecular weight excluding hydrogens is 1130 g/mol. The van der Waals surface area contributed by atoms with Crippen LogP contribution in [0, 0.1) is 6.07 Å². The van der Waals surface area contributed by atoms with Crippen LogP contribution in [0.3, 0.4) is 0 Å². The van der Waals surface area contributed by atoms with Gasteiger partial charge in [0.2, 0.25) is 0 Å². The smallest absolute Gasteiger partial charge is 0.168 e. The molecule has 0 amide bonds. The van der Waals surface area contributed by atoms with Crippen LogP contribution in [0.5, 0.6) is 0 Å². The van der Waals surface area contributed by atoms with E-state index in [9.17, 15) is 0 Å². The molecule has 0 atom stereocenters. The summed E-state index contributed by atoms with van der Waals surface area (Å²) in [6.45, 7) is 0. The van der Waals surface area contributed by atoms with Gasteiger partial charge in [0.25, 0.3) is 0 Å². The molecule has 0 aliphatic rings. The van der Waals surface area contributed by atoms with Gasteiger partial charge in [0, 0.05) is 86.5 Å². The Labute approximate surface area is 460 Å². The van der Waals surface area contributed by atoms with E-state index in [-0.39, 0.29) is 27.5 Å². The van der Waals surface area contributed by atoms with Crippen LogP contribution >= 0.6 is 11.3 Å². The summed E-state index contributed by atoms with van der Waals surface area (Å²) < 4.78 is 4.78. The monoisotopic (exact) mass is 1170 g/mol. The van der Waals surface area contributed by atoms with Crippen molar-refractivity contribution in [3.63, 3.8) is 0 Å². The van der Waals surface area contributed by atoms with Crippen LogP contribution in [0.25, 0.3) is 115 Å². The molecule has 14 rings (SSSR count). The SMILES string of the molecule is C.[Ir].[c-]1ccccc1-c1ccccn1.c1ccc(-c2ccnc3c2ccc2c(-c4ccccc4)ccnc23)cc1.c1ccc(-c2nnc(-c3ccc(-c4cccc5c4sc4ccccc45)cc3)n2-c2ccccc2)cc1. The van der Waals surface area contributed by atoms with Crippen LogP contribution in [0.1, 0.15) is 7.43 Å². The molecule has 8 heteroatoms. The summed E-state index contributed by atoms with van der Waals surface area (Å²) in [5, 5.41) is 14.1. The van der Waals surface area contributed by atoms with Crippen LogP contribution in [-0.2, 0) is 20.1 Å². The van der Waals surface area contributed by atoms with E-state index < -0.39 is 0 Å². The van der Waals surface area contributed by atoms with E-state index in [0.29, 0.717) is 0 Å². The first-order valence-electron chi connectivity index (χ1n) is 24.5. The summed E-state index contributed by atoms with van der Waals surface area (Å²) in [4.78, 5) is 13.6. The molecule has 367 valence electrons. The van der Waals surface area contributed by atoms with Gasteiger partial charge in [0.15, 0.2) is 11.6 Å². The fourth-order valence-corrected chi connectivity index (χ4v) is 10.7. The van der Waals surface area contributed by atoms with E-state index in [0.717, 1.165) is 61.5 Å². The molecule has 14 aromatic rings. The summed E-state index contributed by atoms with van der Waals surface area (Å²) in [5.41, 5.74) is 14.2. The van der Waals surface area contributed by atoms with Crippen molar-refractivity contribution in [3.8, 4) is 73.1 Å². The Morgan fingerprint density at radius 3 is 1.43 bits per heavy atom. The zero-order chi connectivity index (χ0) is 49.5.